The monoisotopic (exact) mass is 317 g/mol. The van der Waals surface area contributed by atoms with Crippen molar-refractivity contribution in [3.63, 3.8) is 0 Å². The summed E-state index contributed by atoms with van der Waals surface area (Å²) in [4.78, 5) is 0. The third-order valence-electron chi connectivity index (χ3n) is 4.12. The van der Waals surface area contributed by atoms with Crippen LogP contribution in [0.2, 0.25) is 0 Å². The van der Waals surface area contributed by atoms with Gasteiger partial charge in [0.05, 0.1) is 20.5 Å². The van der Waals surface area contributed by atoms with Crippen LogP contribution in [-0.2, 0) is 6.54 Å². The van der Waals surface area contributed by atoms with Crippen LogP contribution in [0, 0.1) is 5.92 Å². The Labute approximate surface area is 138 Å². The van der Waals surface area contributed by atoms with E-state index in [4.69, 9.17) is 13.9 Å². The van der Waals surface area contributed by atoms with Crippen molar-refractivity contribution in [2.75, 3.05) is 20.8 Å². The van der Waals surface area contributed by atoms with Crippen molar-refractivity contribution >= 4 is 0 Å². The van der Waals surface area contributed by atoms with E-state index < -0.39 is 0 Å². The van der Waals surface area contributed by atoms with E-state index in [-0.39, 0.29) is 0 Å². The molecule has 0 unspecified atom stereocenters. The van der Waals surface area contributed by atoms with Gasteiger partial charge < -0.3 is 19.2 Å². The molecule has 4 heteroatoms. The van der Waals surface area contributed by atoms with E-state index in [9.17, 15) is 0 Å². The zero-order chi connectivity index (χ0) is 16.7. The van der Waals surface area contributed by atoms with Crippen molar-refractivity contribution in [1.82, 2.24) is 5.32 Å². The van der Waals surface area contributed by atoms with Gasteiger partial charge in [-0.1, -0.05) is 19.9 Å². The Morgan fingerprint density at radius 1 is 1.09 bits per heavy atom. The molecular weight excluding hydrogens is 290 g/mol. The van der Waals surface area contributed by atoms with E-state index >= 15 is 0 Å². The lowest BCUT2D eigenvalue weighted by molar-refractivity contribution is 0.354. The molecule has 0 aliphatic rings. The highest BCUT2D eigenvalue weighted by atomic mass is 16.5. The molecule has 1 N–H and O–H groups in total. The maximum absolute atomic E-state index is 5.57. The lowest BCUT2D eigenvalue weighted by atomic mass is 9.90. The van der Waals surface area contributed by atoms with Crippen molar-refractivity contribution in [1.29, 1.82) is 0 Å². The summed E-state index contributed by atoms with van der Waals surface area (Å²) >= 11 is 0. The van der Waals surface area contributed by atoms with Crippen LogP contribution < -0.4 is 14.8 Å². The number of methoxy groups -OCH3 is 2. The number of nitrogens with one attached hydrogen (secondary N) is 1. The predicted octanol–water partition coefficient (Wildman–Crippen LogP) is 4.22. The molecule has 1 aromatic carbocycles. The summed E-state index contributed by atoms with van der Waals surface area (Å²) < 4.78 is 16.2. The second kappa shape index (κ2) is 8.63. The minimum absolute atomic E-state index is 0.447. The van der Waals surface area contributed by atoms with Gasteiger partial charge in [-0.15, -0.1) is 0 Å². The van der Waals surface area contributed by atoms with Crippen LogP contribution in [0.15, 0.2) is 41.0 Å². The summed E-state index contributed by atoms with van der Waals surface area (Å²) in [5, 5.41) is 3.50. The standard InChI is InChI=1S/C19H27NO3/c1-14(2)16(17-6-5-11-23-17)9-10-20-13-15-7-8-18(21-3)19(12-15)22-4/h5-8,11-12,14,16,20H,9-10,13H2,1-4H3/t16-/m1/s1. The van der Waals surface area contributed by atoms with Crippen LogP contribution in [0.5, 0.6) is 11.5 Å². The number of hydrogen-bond donors (Lipinski definition) is 1. The molecule has 0 aliphatic carbocycles. The Balaban J connectivity index is 1.85. The molecule has 2 aromatic rings. The summed E-state index contributed by atoms with van der Waals surface area (Å²) in [5.74, 6) is 3.61. The number of rotatable bonds is 9. The summed E-state index contributed by atoms with van der Waals surface area (Å²) in [7, 11) is 3.31. The van der Waals surface area contributed by atoms with Crippen LogP contribution in [0.1, 0.15) is 37.5 Å². The van der Waals surface area contributed by atoms with E-state index in [2.05, 4.69) is 31.3 Å². The second-order valence-corrected chi connectivity index (χ2v) is 6.02. The molecule has 0 radical (unpaired) electrons. The molecule has 0 saturated carbocycles. The predicted molar refractivity (Wildman–Crippen MR) is 92.2 cm³/mol. The molecular formula is C19H27NO3. The van der Waals surface area contributed by atoms with Gasteiger partial charge in [-0.2, -0.15) is 0 Å². The van der Waals surface area contributed by atoms with Crippen molar-refractivity contribution in [3.8, 4) is 11.5 Å². The number of hydrogen-bond acceptors (Lipinski definition) is 4. The van der Waals surface area contributed by atoms with Gasteiger partial charge in [-0.05, 0) is 48.7 Å². The molecule has 126 valence electrons. The van der Waals surface area contributed by atoms with Gasteiger partial charge in [0, 0.05) is 12.5 Å². The summed E-state index contributed by atoms with van der Waals surface area (Å²) in [6.45, 7) is 6.23. The fraction of sp³-hybridized carbons (Fsp3) is 0.474. The minimum Gasteiger partial charge on any atom is -0.493 e. The molecule has 0 aliphatic heterocycles. The van der Waals surface area contributed by atoms with Crippen LogP contribution in [0.4, 0.5) is 0 Å². The first kappa shape index (κ1) is 17.4. The molecule has 4 nitrogen and oxygen atoms in total. The molecule has 2 rings (SSSR count). The number of benzene rings is 1. The lowest BCUT2D eigenvalue weighted by Gasteiger charge is -2.19. The molecule has 0 fully saturated rings. The maximum atomic E-state index is 5.57. The van der Waals surface area contributed by atoms with Gasteiger partial charge in [0.25, 0.3) is 0 Å². The van der Waals surface area contributed by atoms with Gasteiger partial charge in [-0.25, -0.2) is 0 Å². The van der Waals surface area contributed by atoms with Crippen molar-refractivity contribution in [2.45, 2.75) is 32.7 Å². The first-order chi connectivity index (χ1) is 11.2. The van der Waals surface area contributed by atoms with Gasteiger partial charge in [0.1, 0.15) is 5.76 Å². The van der Waals surface area contributed by atoms with Gasteiger partial charge in [-0.3, -0.25) is 0 Å². The average Bonchev–Trinajstić information content (AvgIpc) is 3.08. The first-order valence-electron chi connectivity index (χ1n) is 8.10. The van der Waals surface area contributed by atoms with Crippen molar-refractivity contribution in [3.05, 3.63) is 47.9 Å². The van der Waals surface area contributed by atoms with Gasteiger partial charge in [0.15, 0.2) is 11.5 Å². The zero-order valence-corrected chi connectivity index (χ0v) is 14.5. The molecule has 0 amide bonds. The summed E-state index contributed by atoms with van der Waals surface area (Å²) in [6, 6.07) is 10.0. The number of furan rings is 1. The third kappa shape index (κ3) is 4.76. The average molecular weight is 317 g/mol. The third-order valence-corrected chi connectivity index (χ3v) is 4.12. The highest BCUT2D eigenvalue weighted by molar-refractivity contribution is 5.42. The quantitative estimate of drug-likeness (QED) is 0.703. The van der Waals surface area contributed by atoms with Crippen LogP contribution in [0.3, 0.4) is 0 Å². The number of ether oxygens (including phenoxy) is 2. The van der Waals surface area contributed by atoms with Gasteiger partial charge in [0.2, 0.25) is 0 Å². The smallest absolute Gasteiger partial charge is 0.161 e. The fourth-order valence-electron chi connectivity index (χ4n) is 2.79. The Morgan fingerprint density at radius 3 is 2.48 bits per heavy atom. The molecule has 1 heterocycles. The Bertz CT molecular complexity index is 578. The van der Waals surface area contributed by atoms with Crippen molar-refractivity contribution < 1.29 is 13.9 Å². The fourth-order valence-corrected chi connectivity index (χ4v) is 2.79. The molecule has 1 atom stereocenters. The SMILES string of the molecule is COc1ccc(CNCC[C@@H](c2ccco2)C(C)C)cc1OC. The van der Waals surface area contributed by atoms with E-state index in [0.717, 1.165) is 36.8 Å². The Kier molecular flexibility index (Phi) is 6.53. The van der Waals surface area contributed by atoms with E-state index in [0.29, 0.717) is 11.8 Å². The minimum atomic E-state index is 0.447. The second-order valence-electron chi connectivity index (χ2n) is 6.02. The van der Waals surface area contributed by atoms with Crippen molar-refractivity contribution in [2.24, 2.45) is 5.92 Å². The molecule has 1 aromatic heterocycles. The largest absolute Gasteiger partial charge is 0.493 e. The van der Waals surface area contributed by atoms with Crippen LogP contribution in [0.25, 0.3) is 0 Å². The van der Waals surface area contributed by atoms with E-state index in [1.807, 2.05) is 18.2 Å². The Hall–Kier alpha value is -1.94. The molecule has 0 spiro atoms. The Morgan fingerprint density at radius 2 is 1.87 bits per heavy atom. The normalized spacial score (nSPS) is 12.4. The molecule has 0 saturated heterocycles. The van der Waals surface area contributed by atoms with E-state index in [1.54, 1.807) is 20.5 Å². The van der Waals surface area contributed by atoms with E-state index in [1.165, 1.54) is 5.56 Å². The summed E-state index contributed by atoms with van der Waals surface area (Å²) in [6.07, 6.45) is 2.81. The highest BCUT2D eigenvalue weighted by Gasteiger charge is 2.17. The van der Waals surface area contributed by atoms with Crippen LogP contribution >= 0.6 is 0 Å². The lowest BCUT2D eigenvalue weighted by Crippen LogP contribution is -2.19. The molecule has 23 heavy (non-hydrogen) atoms. The maximum Gasteiger partial charge on any atom is 0.161 e. The first-order valence-corrected chi connectivity index (χ1v) is 8.10. The van der Waals surface area contributed by atoms with Crippen LogP contribution in [-0.4, -0.2) is 20.8 Å². The highest BCUT2D eigenvalue weighted by Crippen LogP contribution is 2.29. The summed E-state index contributed by atoms with van der Waals surface area (Å²) in [5.41, 5.74) is 1.18. The van der Waals surface area contributed by atoms with Gasteiger partial charge >= 0.3 is 0 Å². The molecule has 0 bridgehead atoms. The topological polar surface area (TPSA) is 43.6 Å². The zero-order valence-electron chi connectivity index (χ0n) is 14.5.